The molecule has 0 saturated carbocycles. The van der Waals surface area contributed by atoms with Crippen molar-refractivity contribution in [1.29, 1.82) is 0 Å². The van der Waals surface area contributed by atoms with Crippen molar-refractivity contribution in [2.24, 2.45) is 32.5 Å². The molecular formula is C33H60CoO6. The first-order chi connectivity index (χ1) is 16.6. The van der Waals surface area contributed by atoms with Crippen molar-refractivity contribution in [2.75, 3.05) is 0 Å². The molecule has 0 aliphatic carbocycles. The van der Waals surface area contributed by atoms with Gasteiger partial charge in [0, 0.05) is 67.5 Å². The number of rotatable bonds is 3. The third kappa shape index (κ3) is 21.0. The van der Waals surface area contributed by atoms with Gasteiger partial charge in [-0.25, -0.2) is 0 Å². The second-order valence-corrected chi connectivity index (χ2v) is 16.2. The Kier molecular flexibility index (Phi) is 18.0. The molecule has 0 amide bonds. The monoisotopic (exact) mass is 611 g/mol. The second kappa shape index (κ2) is 16.0. The van der Waals surface area contributed by atoms with Crippen LogP contribution in [0.3, 0.4) is 0 Å². The molecule has 0 saturated heterocycles. The Morgan fingerprint density at radius 1 is 0.350 bits per heavy atom. The molecule has 0 spiro atoms. The summed E-state index contributed by atoms with van der Waals surface area (Å²) < 4.78 is 0. The summed E-state index contributed by atoms with van der Waals surface area (Å²) in [6.45, 7) is 33.3. The molecule has 0 aromatic heterocycles. The first kappa shape index (κ1) is 45.1. The van der Waals surface area contributed by atoms with E-state index < -0.39 is 16.2 Å². The molecule has 0 unspecified atom stereocenters. The number of hydrogen-bond acceptors (Lipinski definition) is 6. The van der Waals surface area contributed by atoms with Crippen LogP contribution in [0.25, 0.3) is 0 Å². The minimum atomic E-state index is -0.417. The van der Waals surface area contributed by atoms with Crippen molar-refractivity contribution < 1.29 is 46.5 Å². The molecule has 0 atom stereocenters. The van der Waals surface area contributed by atoms with Gasteiger partial charge in [0.25, 0.3) is 0 Å². The van der Waals surface area contributed by atoms with Crippen molar-refractivity contribution in [3.63, 3.8) is 0 Å². The third-order valence-corrected chi connectivity index (χ3v) is 5.33. The Morgan fingerprint density at radius 2 is 0.475 bits per heavy atom. The molecule has 3 N–H and O–H groups in total. The van der Waals surface area contributed by atoms with Gasteiger partial charge in [-0.05, 0) is 0 Å². The van der Waals surface area contributed by atoms with Gasteiger partial charge in [0.1, 0.15) is 17.3 Å². The van der Waals surface area contributed by atoms with Crippen LogP contribution >= 0.6 is 0 Å². The Labute approximate surface area is 256 Å². The predicted octanol–water partition coefficient (Wildman–Crippen LogP) is 9.27. The van der Waals surface area contributed by atoms with Crippen LogP contribution in [0.5, 0.6) is 0 Å². The van der Waals surface area contributed by atoms with E-state index in [2.05, 4.69) is 0 Å². The molecule has 0 bridgehead atoms. The minimum Gasteiger partial charge on any atom is -0.512 e. The van der Waals surface area contributed by atoms with E-state index in [1.807, 2.05) is 125 Å². The Morgan fingerprint density at radius 3 is 0.550 bits per heavy atom. The van der Waals surface area contributed by atoms with Crippen LogP contribution in [0.2, 0.25) is 0 Å². The molecule has 0 aliphatic heterocycles. The first-order valence-corrected chi connectivity index (χ1v) is 13.5. The summed E-state index contributed by atoms with van der Waals surface area (Å²) in [5.74, 6) is 0.312. The van der Waals surface area contributed by atoms with Gasteiger partial charge in [-0.15, -0.1) is 0 Å². The maximum Gasteiger partial charge on any atom is 0.164 e. The van der Waals surface area contributed by atoms with Gasteiger partial charge in [-0.2, -0.15) is 0 Å². The topological polar surface area (TPSA) is 112 Å². The average molecular weight is 612 g/mol. The number of ketones is 3. The molecular weight excluding hydrogens is 551 g/mol. The van der Waals surface area contributed by atoms with E-state index in [1.54, 1.807) is 0 Å². The maximum absolute atomic E-state index is 11.5. The zero-order valence-electron chi connectivity index (χ0n) is 28.6. The van der Waals surface area contributed by atoms with Crippen LogP contribution in [0.4, 0.5) is 0 Å². The molecule has 237 valence electrons. The number of carbonyl (C=O) groups excluding carboxylic acids is 3. The van der Waals surface area contributed by atoms with Crippen molar-refractivity contribution in [1.82, 2.24) is 0 Å². The van der Waals surface area contributed by atoms with Gasteiger partial charge in [-0.1, -0.05) is 125 Å². The maximum atomic E-state index is 11.5. The van der Waals surface area contributed by atoms with Gasteiger partial charge >= 0.3 is 0 Å². The summed E-state index contributed by atoms with van der Waals surface area (Å²) in [5, 5.41) is 28.7. The first-order valence-electron chi connectivity index (χ1n) is 13.5. The number of hydrogen-bond donors (Lipinski definition) is 3. The zero-order chi connectivity index (χ0) is 32.6. The van der Waals surface area contributed by atoms with Gasteiger partial charge in [0.2, 0.25) is 0 Å². The third-order valence-electron chi connectivity index (χ3n) is 5.33. The van der Waals surface area contributed by atoms with E-state index in [-0.39, 0.29) is 67.7 Å². The average Bonchev–Trinajstić information content (AvgIpc) is 2.64. The number of allylic oxidation sites excluding steroid dienone is 6. The van der Waals surface area contributed by atoms with Crippen LogP contribution in [0, 0.1) is 32.5 Å². The van der Waals surface area contributed by atoms with E-state index in [0.29, 0.717) is 0 Å². The summed E-state index contributed by atoms with van der Waals surface area (Å²) >= 11 is 0. The summed E-state index contributed by atoms with van der Waals surface area (Å²) in [5.41, 5.74) is -2.29. The van der Waals surface area contributed by atoms with E-state index in [1.165, 1.54) is 18.2 Å². The molecule has 6 nitrogen and oxygen atoms in total. The van der Waals surface area contributed by atoms with E-state index in [4.69, 9.17) is 0 Å². The van der Waals surface area contributed by atoms with Gasteiger partial charge in [0.15, 0.2) is 17.3 Å². The molecule has 0 aromatic carbocycles. The zero-order valence-corrected chi connectivity index (χ0v) is 29.7. The number of aliphatic hydroxyl groups is 3. The van der Waals surface area contributed by atoms with Crippen molar-refractivity contribution >= 4 is 17.3 Å². The smallest absolute Gasteiger partial charge is 0.164 e. The van der Waals surface area contributed by atoms with Crippen molar-refractivity contribution in [3.8, 4) is 0 Å². The Bertz CT molecular complexity index is 801. The fourth-order valence-electron chi connectivity index (χ4n) is 1.67. The van der Waals surface area contributed by atoms with E-state index in [0.717, 1.165) is 0 Å². The van der Waals surface area contributed by atoms with Gasteiger partial charge in [-0.3, -0.25) is 14.4 Å². The number of carbonyl (C=O) groups is 3. The van der Waals surface area contributed by atoms with Crippen LogP contribution in [-0.2, 0) is 31.2 Å². The van der Waals surface area contributed by atoms with Crippen LogP contribution in [-0.4, -0.2) is 32.7 Å². The fourth-order valence-corrected chi connectivity index (χ4v) is 1.67. The SMILES string of the molecule is CC(C)(C)C(=O)/C=C(\O)C(C)(C)C.CC(C)(C)C(=O)/C=C(\O)C(C)(C)C.CC(C)(C)C(=O)/C=C(\O)C(C)(C)C.[Co]. The number of aliphatic hydroxyl groups excluding tert-OH is 3. The standard InChI is InChI=1S/3C11H20O2.Co/c3*1-10(2,3)8(12)7-9(13)11(4,5)6;/h3*7,12H,1-6H3;/b3*8-7-;. The molecule has 0 fully saturated rings. The van der Waals surface area contributed by atoms with Gasteiger partial charge < -0.3 is 15.3 Å². The normalized spacial score (nSPS) is 14.1. The van der Waals surface area contributed by atoms with Crippen LogP contribution in [0.1, 0.15) is 125 Å². The molecule has 7 heteroatoms. The second-order valence-electron chi connectivity index (χ2n) is 16.2. The van der Waals surface area contributed by atoms with Crippen LogP contribution < -0.4 is 0 Å². The quantitative estimate of drug-likeness (QED) is 0.217. The molecule has 0 aromatic rings. The largest absolute Gasteiger partial charge is 0.512 e. The predicted molar refractivity (Wildman–Crippen MR) is 164 cm³/mol. The van der Waals surface area contributed by atoms with E-state index in [9.17, 15) is 29.7 Å². The van der Waals surface area contributed by atoms with Gasteiger partial charge in [0.05, 0.1) is 0 Å². The molecule has 40 heavy (non-hydrogen) atoms. The van der Waals surface area contributed by atoms with Crippen molar-refractivity contribution in [3.05, 3.63) is 35.5 Å². The minimum absolute atomic E-state index is 0. The van der Waals surface area contributed by atoms with E-state index >= 15 is 0 Å². The molecule has 0 rings (SSSR count). The molecule has 1 radical (unpaired) electrons. The van der Waals surface area contributed by atoms with Crippen molar-refractivity contribution in [2.45, 2.75) is 125 Å². The fraction of sp³-hybridized carbons (Fsp3) is 0.727. The Hall–Kier alpha value is -1.86. The molecule has 0 heterocycles. The summed E-state index contributed by atoms with van der Waals surface area (Å²) in [6.07, 6.45) is 4.00. The summed E-state index contributed by atoms with van der Waals surface area (Å²) in [6, 6.07) is 0. The van der Waals surface area contributed by atoms with Crippen LogP contribution in [0.15, 0.2) is 35.5 Å². The Balaban J connectivity index is -0.000000240. The summed E-state index contributed by atoms with van der Waals surface area (Å²) in [4.78, 5) is 34.5. The summed E-state index contributed by atoms with van der Waals surface area (Å²) in [7, 11) is 0. The molecule has 0 aliphatic rings.